The SMILES string of the molecule is CC(C(=O)NC1CC1)N1CCC(C)(CN)C1. The van der Waals surface area contributed by atoms with Gasteiger partial charge >= 0.3 is 0 Å². The summed E-state index contributed by atoms with van der Waals surface area (Å²) in [5.41, 5.74) is 5.97. The Labute approximate surface area is 97.6 Å². The Bertz CT molecular complexity index is 277. The third-order valence-corrected chi connectivity index (χ3v) is 3.93. The van der Waals surface area contributed by atoms with Crippen LogP contribution < -0.4 is 11.1 Å². The number of likely N-dealkylation sites (tertiary alicyclic amines) is 1. The Morgan fingerprint density at radius 2 is 2.31 bits per heavy atom. The van der Waals surface area contributed by atoms with E-state index in [1.54, 1.807) is 0 Å². The van der Waals surface area contributed by atoms with E-state index in [0.717, 1.165) is 32.4 Å². The van der Waals surface area contributed by atoms with Gasteiger partial charge in [0.2, 0.25) is 5.91 Å². The van der Waals surface area contributed by atoms with Crippen molar-refractivity contribution in [2.45, 2.75) is 45.2 Å². The van der Waals surface area contributed by atoms with E-state index >= 15 is 0 Å². The molecule has 0 aromatic carbocycles. The molecule has 1 amide bonds. The average Bonchev–Trinajstić information content (AvgIpc) is 2.99. The predicted octanol–water partition coefficient (Wildman–Crippen LogP) is 0.324. The van der Waals surface area contributed by atoms with Gasteiger partial charge in [-0.3, -0.25) is 9.69 Å². The Kier molecular flexibility index (Phi) is 3.22. The van der Waals surface area contributed by atoms with Crippen LogP contribution in [-0.2, 0) is 4.79 Å². The zero-order chi connectivity index (χ0) is 11.8. The molecule has 2 atom stereocenters. The molecule has 4 nitrogen and oxygen atoms in total. The summed E-state index contributed by atoms with van der Waals surface area (Å²) in [4.78, 5) is 14.2. The van der Waals surface area contributed by atoms with E-state index in [4.69, 9.17) is 5.73 Å². The molecule has 1 aliphatic heterocycles. The molecule has 2 rings (SSSR count). The van der Waals surface area contributed by atoms with E-state index in [2.05, 4.69) is 17.1 Å². The molecule has 1 saturated carbocycles. The second-order valence-corrected chi connectivity index (χ2v) is 5.69. The van der Waals surface area contributed by atoms with Crippen molar-refractivity contribution < 1.29 is 4.79 Å². The van der Waals surface area contributed by atoms with Gasteiger partial charge in [-0.1, -0.05) is 6.92 Å². The molecule has 2 aliphatic rings. The second-order valence-electron chi connectivity index (χ2n) is 5.69. The molecule has 2 fully saturated rings. The molecule has 0 bridgehead atoms. The number of amides is 1. The summed E-state index contributed by atoms with van der Waals surface area (Å²) in [5.74, 6) is 0.184. The highest BCUT2D eigenvalue weighted by molar-refractivity contribution is 5.81. The van der Waals surface area contributed by atoms with Gasteiger partial charge in [-0.25, -0.2) is 0 Å². The molecule has 0 radical (unpaired) electrons. The molecule has 2 unspecified atom stereocenters. The van der Waals surface area contributed by atoms with Crippen molar-refractivity contribution in [3.05, 3.63) is 0 Å². The van der Waals surface area contributed by atoms with E-state index in [1.807, 2.05) is 6.92 Å². The van der Waals surface area contributed by atoms with Crippen molar-refractivity contribution in [1.82, 2.24) is 10.2 Å². The zero-order valence-corrected chi connectivity index (χ0v) is 10.3. The fraction of sp³-hybridized carbons (Fsp3) is 0.917. The van der Waals surface area contributed by atoms with E-state index in [-0.39, 0.29) is 17.4 Å². The van der Waals surface area contributed by atoms with E-state index in [0.29, 0.717) is 12.6 Å². The lowest BCUT2D eigenvalue weighted by Gasteiger charge is -2.26. The molecular formula is C12H23N3O. The van der Waals surface area contributed by atoms with Gasteiger partial charge in [0.05, 0.1) is 6.04 Å². The van der Waals surface area contributed by atoms with Crippen LogP contribution in [-0.4, -0.2) is 42.5 Å². The zero-order valence-electron chi connectivity index (χ0n) is 10.3. The minimum atomic E-state index is -0.00558. The average molecular weight is 225 g/mol. The lowest BCUT2D eigenvalue weighted by molar-refractivity contribution is -0.125. The van der Waals surface area contributed by atoms with E-state index < -0.39 is 0 Å². The summed E-state index contributed by atoms with van der Waals surface area (Å²) >= 11 is 0. The number of hydrogen-bond acceptors (Lipinski definition) is 3. The lowest BCUT2D eigenvalue weighted by atomic mass is 9.90. The Hall–Kier alpha value is -0.610. The van der Waals surface area contributed by atoms with Crippen LogP contribution in [0.5, 0.6) is 0 Å². The van der Waals surface area contributed by atoms with Gasteiger partial charge in [-0.15, -0.1) is 0 Å². The molecule has 0 spiro atoms. The van der Waals surface area contributed by atoms with Crippen LogP contribution in [0.1, 0.15) is 33.1 Å². The van der Waals surface area contributed by atoms with Crippen molar-refractivity contribution in [3.8, 4) is 0 Å². The third kappa shape index (κ3) is 2.55. The van der Waals surface area contributed by atoms with Gasteiger partial charge < -0.3 is 11.1 Å². The molecule has 16 heavy (non-hydrogen) atoms. The van der Waals surface area contributed by atoms with E-state index in [9.17, 15) is 4.79 Å². The highest BCUT2D eigenvalue weighted by atomic mass is 16.2. The minimum absolute atomic E-state index is 0.00558. The largest absolute Gasteiger partial charge is 0.352 e. The monoisotopic (exact) mass is 225 g/mol. The fourth-order valence-electron chi connectivity index (χ4n) is 2.27. The standard InChI is InChI=1S/C12H23N3O/c1-9(11(16)14-10-3-4-10)15-6-5-12(2,7-13)8-15/h9-10H,3-8,13H2,1-2H3,(H,14,16). The minimum Gasteiger partial charge on any atom is -0.352 e. The first-order valence-electron chi connectivity index (χ1n) is 6.28. The molecule has 0 aromatic rings. The van der Waals surface area contributed by atoms with Crippen LogP contribution in [0.25, 0.3) is 0 Å². The number of carbonyl (C=O) groups excluding carboxylic acids is 1. The van der Waals surface area contributed by atoms with Crippen molar-refractivity contribution >= 4 is 5.91 Å². The summed E-state index contributed by atoms with van der Waals surface area (Å²) in [7, 11) is 0. The fourth-order valence-corrected chi connectivity index (χ4v) is 2.27. The van der Waals surface area contributed by atoms with Crippen LogP contribution in [0.15, 0.2) is 0 Å². The quantitative estimate of drug-likeness (QED) is 0.724. The van der Waals surface area contributed by atoms with Crippen molar-refractivity contribution in [1.29, 1.82) is 0 Å². The van der Waals surface area contributed by atoms with Gasteiger partial charge in [-0.2, -0.15) is 0 Å². The number of carbonyl (C=O) groups is 1. The summed E-state index contributed by atoms with van der Waals surface area (Å²) in [6.07, 6.45) is 3.41. The Morgan fingerprint density at radius 3 is 2.81 bits per heavy atom. The number of rotatable bonds is 4. The van der Waals surface area contributed by atoms with Crippen LogP contribution in [0.3, 0.4) is 0 Å². The maximum Gasteiger partial charge on any atom is 0.237 e. The van der Waals surface area contributed by atoms with E-state index in [1.165, 1.54) is 0 Å². The third-order valence-electron chi connectivity index (χ3n) is 3.93. The van der Waals surface area contributed by atoms with Crippen LogP contribution >= 0.6 is 0 Å². The highest BCUT2D eigenvalue weighted by Crippen LogP contribution is 2.30. The van der Waals surface area contributed by atoms with Gasteiger partial charge in [0, 0.05) is 12.6 Å². The van der Waals surface area contributed by atoms with Crippen molar-refractivity contribution in [2.75, 3.05) is 19.6 Å². The summed E-state index contributed by atoms with van der Waals surface area (Å²) in [5, 5.41) is 3.06. The maximum atomic E-state index is 11.9. The first-order chi connectivity index (χ1) is 7.54. The molecular weight excluding hydrogens is 202 g/mol. The smallest absolute Gasteiger partial charge is 0.237 e. The maximum absolute atomic E-state index is 11.9. The van der Waals surface area contributed by atoms with Crippen molar-refractivity contribution in [2.24, 2.45) is 11.1 Å². The number of nitrogens with two attached hydrogens (primary N) is 1. The lowest BCUT2D eigenvalue weighted by Crippen LogP contribution is -2.45. The Morgan fingerprint density at radius 1 is 1.62 bits per heavy atom. The molecule has 3 N–H and O–H groups in total. The van der Waals surface area contributed by atoms with Gasteiger partial charge in [0.1, 0.15) is 0 Å². The normalized spacial score (nSPS) is 32.7. The highest BCUT2D eigenvalue weighted by Gasteiger charge is 2.37. The van der Waals surface area contributed by atoms with Gasteiger partial charge in [-0.05, 0) is 44.7 Å². The van der Waals surface area contributed by atoms with Crippen molar-refractivity contribution in [3.63, 3.8) is 0 Å². The first kappa shape index (κ1) is 11.9. The number of nitrogens with zero attached hydrogens (tertiary/aromatic N) is 1. The number of nitrogens with one attached hydrogen (secondary N) is 1. The molecule has 4 heteroatoms. The van der Waals surface area contributed by atoms with Crippen LogP contribution in [0.4, 0.5) is 0 Å². The first-order valence-corrected chi connectivity index (χ1v) is 6.28. The van der Waals surface area contributed by atoms with Gasteiger partial charge in [0.25, 0.3) is 0 Å². The summed E-state index contributed by atoms with van der Waals surface area (Å²) in [6, 6.07) is 0.451. The summed E-state index contributed by atoms with van der Waals surface area (Å²) < 4.78 is 0. The van der Waals surface area contributed by atoms with Crippen LogP contribution in [0, 0.1) is 5.41 Å². The second kappa shape index (κ2) is 4.34. The predicted molar refractivity (Wildman–Crippen MR) is 64.0 cm³/mol. The topological polar surface area (TPSA) is 58.4 Å². The molecule has 1 saturated heterocycles. The molecule has 0 aromatic heterocycles. The number of hydrogen-bond donors (Lipinski definition) is 2. The van der Waals surface area contributed by atoms with Gasteiger partial charge in [0.15, 0.2) is 0 Å². The molecule has 92 valence electrons. The molecule has 1 heterocycles. The Balaban J connectivity index is 1.85. The van der Waals surface area contributed by atoms with Crippen LogP contribution in [0.2, 0.25) is 0 Å². The summed E-state index contributed by atoms with van der Waals surface area (Å²) in [6.45, 7) is 6.86. The molecule has 1 aliphatic carbocycles.